The van der Waals surface area contributed by atoms with Crippen LogP contribution in [0, 0.1) is 0 Å². The molecular weight excluding hydrogens is 306 g/mol. The zero-order valence-corrected chi connectivity index (χ0v) is 11.8. The summed E-state index contributed by atoms with van der Waals surface area (Å²) in [5.74, 6) is -1.50. The van der Waals surface area contributed by atoms with Crippen LogP contribution >= 0.6 is 27.3 Å². The highest BCUT2D eigenvalue weighted by Gasteiger charge is 2.27. The highest BCUT2D eigenvalue weighted by molar-refractivity contribution is 9.11. The molecule has 1 aromatic heterocycles. The molecule has 0 fully saturated rings. The summed E-state index contributed by atoms with van der Waals surface area (Å²) in [6.07, 6.45) is 2.96. The molecule has 0 saturated heterocycles. The number of halogens is 1. The van der Waals surface area contributed by atoms with E-state index in [-0.39, 0.29) is 0 Å². The van der Waals surface area contributed by atoms with E-state index in [4.69, 9.17) is 5.11 Å². The first kappa shape index (κ1) is 13.9. The van der Waals surface area contributed by atoms with Crippen molar-refractivity contribution in [3.05, 3.63) is 26.9 Å². The average Bonchev–Trinajstić information content (AvgIpc) is 2.60. The quantitative estimate of drug-likeness (QED) is 0.838. The molecule has 0 aliphatic rings. The Kier molecular flexibility index (Phi) is 4.47. The normalized spacial score (nSPS) is 11.7. The lowest BCUT2D eigenvalue weighted by molar-refractivity contribution is -0.145. The van der Waals surface area contributed by atoms with Gasteiger partial charge in [-0.25, -0.2) is 4.79 Å². The Bertz CT molecular complexity index is 465. The van der Waals surface area contributed by atoms with Crippen LogP contribution in [0.2, 0.25) is 0 Å². The number of amides is 1. The third-order valence-electron chi connectivity index (χ3n) is 1.96. The molecule has 0 bridgehead atoms. The molecule has 4 nitrogen and oxygen atoms in total. The van der Waals surface area contributed by atoms with Gasteiger partial charge >= 0.3 is 5.97 Å². The molecule has 92 valence electrons. The molecule has 2 N–H and O–H groups in total. The first-order chi connectivity index (χ1) is 7.81. The van der Waals surface area contributed by atoms with E-state index >= 15 is 0 Å². The zero-order chi connectivity index (χ0) is 13.1. The Morgan fingerprint density at radius 1 is 1.47 bits per heavy atom. The van der Waals surface area contributed by atoms with Crippen molar-refractivity contribution in [1.82, 2.24) is 5.32 Å². The van der Waals surface area contributed by atoms with Crippen LogP contribution in [0.4, 0.5) is 0 Å². The van der Waals surface area contributed by atoms with E-state index in [0.29, 0.717) is 0 Å². The van der Waals surface area contributed by atoms with E-state index in [2.05, 4.69) is 21.2 Å². The summed E-state index contributed by atoms with van der Waals surface area (Å²) in [6, 6.07) is 3.74. The van der Waals surface area contributed by atoms with Crippen molar-refractivity contribution in [2.75, 3.05) is 0 Å². The Balaban J connectivity index is 2.61. The molecule has 6 heteroatoms. The fraction of sp³-hybridized carbons (Fsp3) is 0.273. The van der Waals surface area contributed by atoms with E-state index < -0.39 is 17.4 Å². The van der Waals surface area contributed by atoms with Gasteiger partial charge < -0.3 is 10.4 Å². The van der Waals surface area contributed by atoms with Gasteiger partial charge in [-0.05, 0) is 48.0 Å². The summed E-state index contributed by atoms with van der Waals surface area (Å²) in [5.41, 5.74) is -1.27. The van der Waals surface area contributed by atoms with Crippen molar-refractivity contribution in [2.45, 2.75) is 19.4 Å². The van der Waals surface area contributed by atoms with E-state index in [1.165, 1.54) is 31.3 Å². The fourth-order valence-electron chi connectivity index (χ4n) is 0.979. The summed E-state index contributed by atoms with van der Waals surface area (Å²) < 4.78 is 0.975. The molecule has 0 unspecified atom stereocenters. The number of carboxylic acid groups (broad SMARTS) is 1. The molecule has 1 heterocycles. The van der Waals surface area contributed by atoms with Gasteiger partial charge in [-0.2, -0.15) is 0 Å². The predicted octanol–water partition coefficient (Wildman–Crippen LogP) is 2.50. The lowest BCUT2D eigenvalue weighted by atomic mass is 10.1. The molecule has 1 aromatic rings. The second-order valence-electron chi connectivity index (χ2n) is 3.89. The van der Waals surface area contributed by atoms with Crippen molar-refractivity contribution in [2.24, 2.45) is 0 Å². The highest BCUT2D eigenvalue weighted by Crippen LogP contribution is 2.22. The maximum absolute atomic E-state index is 11.5. The van der Waals surface area contributed by atoms with Gasteiger partial charge in [0.25, 0.3) is 0 Å². The molecule has 1 amide bonds. The van der Waals surface area contributed by atoms with Gasteiger partial charge in [0.1, 0.15) is 5.54 Å². The number of carbonyl (C=O) groups excluding carboxylic acids is 1. The van der Waals surface area contributed by atoms with Crippen LogP contribution in [-0.4, -0.2) is 22.5 Å². The Labute approximate surface area is 111 Å². The third-order valence-corrected chi connectivity index (χ3v) is 3.55. The van der Waals surface area contributed by atoms with E-state index in [1.807, 2.05) is 12.1 Å². The number of carboxylic acids is 1. The lowest BCUT2D eigenvalue weighted by Gasteiger charge is -2.19. The van der Waals surface area contributed by atoms with Crippen LogP contribution in [0.3, 0.4) is 0 Å². The molecule has 0 radical (unpaired) electrons. The van der Waals surface area contributed by atoms with Crippen LogP contribution in [0.1, 0.15) is 18.7 Å². The number of carbonyl (C=O) groups is 2. The number of aliphatic carboxylic acids is 1. The van der Waals surface area contributed by atoms with Gasteiger partial charge in [0.2, 0.25) is 5.91 Å². The van der Waals surface area contributed by atoms with Crippen molar-refractivity contribution in [3.8, 4) is 0 Å². The average molecular weight is 318 g/mol. The van der Waals surface area contributed by atoms with Gasteiger partial charge in [-0.1, -0.05) is 0 Å². The topological polar surface area (TPSA) is 66.4 Å². The van der Waals surface area contributed by atoms with Crippen LogP contribution < -0.4 is 5.32 Å². The first-order valence-corrected chi connectivity index (χ1v) is 6.41. The Morgan fingerprint density at radius 3 is 2.59 bits per heavy atom. The summed E-state index contributed by atoms with van der Waals surface area (Å²) in [7, 11) is 0. The van der Waals surface area contributed by atoms with Crippen molar-refractivity contribution >= 4 is 45.2 Å². The largest absolute Gasteiger partial charge is 0.480 e. The molecular formula is C11H12BrNO3S. The van der Waals surface area contributed by atoms with Crippen LogP contribution in [0.25, 0.3) is 6.08 Å². The van der Waals surface area contributed by atoms with E-state index in [1.54, 1.807) is 6.08 Å². The lowest BCUT2D eigenvalue weighted by Crippen LogP contribution is -2.49. The maximum Gasteiger partial charge on any atom is 0.328 e. The second-order valence-corrected chi connectivity index (χ2v) is 6.39. The number of hydrogen-bond donors (Lipinski definition) is 2. The second kappa shape index (κ2) is 5.46. The van der Waals surface area contributed by atoms with Crippen molar-refractivity contribution in [1.29, 1.82) is 0 Å². The molecule has 1 rings (SSSR count). The maximum atomic E-state index is 11.5. The minimum atomic E-state index is -1.27. The van der Waals surface area contributed by atoms with E-state index in [0.717, 1.165) is 8.66 Å². The predicted molar refractivity (Wildman–Crippen MR) is 70.9 cm³/mol. The highest BCUT2D eigenvalue weighted by atomic mass is 79.9. The Hall–Kier alpha value is -1.14. The van der Waals surface area contributed by atoms with Gasteiger partial charge in [-0.3, -0.25) is 4.79 Å². The third kappa shape index (κ3) is 4.32. The standard InChI is InChI=1S/C11H12BrNO3S/c1-11(2,10(15)16)13-9(14)6-4-7-3-5-8(12)17-7/h3-6H,1-2H3,(H,13,14)(H,15,16)/b6-4+. The zero-order valence-electron chi connectivity index (χ0n) is 9.36. The smallest absolute Gasteiger partial charge is 0.328 e. The van der Waals surface area contributed by atoms with E-state index in [9.17, 15) is 9.59 Å². The fourth-order valence-corrected chi connectivity index (χ4v) is 2.31. The monoisotopic (exact) mass is 317 g/mol. The first-order valence-electron chi connectivity index (χ1n) is 4.80. The molecule has 0 aliphatic carbocycles. The molecule has 0 aliphatic heterocycles. The van der Waals surface area contributed by atoms with Gasteiger partial charge in [0, 0.05) is 11.0 Å². The molecule has 0 saturated carbocycles. The van der Waals surface area contributed by atoms with Crippen molar-refractivity contribution in [3.63, 3.8) is 0 Å². The summed E-state index contributed by atoms with van der Waals surface area (Å²) in [5, 5.41) is 11.2. The SMILES string of the molecule is CC(C)(NC(=O)/C=C/c1ccc(Br)s1)C(=O)O. The summed E-state index contributed by atoms with van der Waals surface area (Å²) in [6.45, 7) is 2.87. The minimum Gasteiger partial charge on any atom is -0.480 e. The van der Waals surface area contributed by atoms with Crippen LogP contribution in [-0.2, 0) is 9.59 Å². The van der Waals surface area contributed by atoms with Gasteiger partial charge in [-0.15, -0.1) is 11.3 Å². The molecule has 17 heavy (non-hydrogen) atoms. The van der Waals surface area contributed by atoms with Gasteiger partial charge in [0.05, 0.1) is 3.79 Å². The minimum absolute atomic E-state index is 0.429. The van der Waals surface area contributed by atoms with Crippen LogP contribution in [0.15, 0.2) is 22.0 Å². The number of nitrogens with one attached hydrogen (secondary N) is 1. The van der Waals surface area contributed by atoms with Crippen molar-refractivity contribution < 1.29 is 14.7 Å². The molecule has 0 aromatic carbocycles. The Morgan fingerprint density at radius 2 is 2.12 bits per heavy atom. The summed E-state index contributed by atoms with van der Waals surface area (Å²) in [4.78, 5) is 23.2. The number of rotatable bonds is 4. The van der Waals surface area contributed by atoms with Gasteiger partial charge in [0.15, 0.2) is 0 Å². The van der Waals surface area contributed by atoms with Crippen LogP contribution in [0.5, 0.6) is 0 Å². The molecule has 0 atom stereocenters. The summed E-state index contributed by atoms with van der Waals surface area (Å²) >= 11 is 4.80. The number of thiophene rings is 1. The number of hydrogen-bond acceptors (Lipinski definition) is 3. The molecule has 0 spiro atoms.